The minimum absolute atomic E-state index is 0.0550. The molecular weight excluding hydrogens is 365 g/mol. The van der Waals surface area contributed by atoms with Crippen LogP contribution in [0, 0.1) is 0 Å². The molecule has 0 radical (unpaired) electrons. The number of carbonyl (C=O) groups excluding carboxylic acids is 2. The topological polar surface area (TPSA) is 64.6 Å². The van der Waals surface area contributed by atoms with Crippen LogP contribution in [-0.4, -0.2) is 31.2 Å². The van der Waals surface area contributed by atoms with Crippen molar-refractivity contribution in [2.45, 2.75) is 38.2 Å². The van der Waals surface area contributed by atoms with Crippen LogP contribution in [0.4, 0.5) is 0 Å². The van der Waals surface area contributed by atoms with E-state index in [0.717, 1.165) is 12.8 Å². The first-order valence-electron chi connectivity index (χ1n) is 8.20. The first kappa shape index (κ1) is 18.2. The molecule has 1 saturated heterocycles. The van der Waals surface area contributed by atoms with Crippen molar-refractivity contribution in [3.05, 3.63) is 45.1 Å². The predicted octanol–water partition coefficient (Wildman–Crippen LogP) is 3.59. The Morgan fingerprint density at radius 3 is 2.88 bits per heavy atom. The van der Waals surface area contributed by atoms with Crippen LogP contribution in [-0.2, 0) is 19.1 Å². The van der Waals surface area contributed by atoms with Crippen LogP contribution in [0.5, 0.6) is 0 Å². The van der Waals surface area contributed by atoms with Crippen molar-refractivity contribution >= 4 is 35.1 Å². The van der Waals surface area contributed by atoms with Gasteiger partial charge in [0.05, 0.1) is 11.7 Å². The van der Waals surface area contributed by atoms with Crippen molar-refractivity contribution in [1.82, 2.24) is 5.32 Å². The van der Waals surface area contributed by atoms with Gasteiger partial charge in [-0.15, -0.1) is 0 Å². The molecule has 0 aliphatic carbocycles. The molecule has 1 aromatic carbocycles. The zero-order valence-electron chi connectivity index (χ0n) is 13.8. The van der Waals surface area contributed by atoms with Crippen molar-refractivity contribution in [3.63, 3.8) is 0 Å². The van der Waals surface area contributed by atoms with E-state index in [1.807, 2.05) is 0 Å². The Hall–Kier alpha value is -1.56. The second-order valence-corrected chi connectivity index (χ2v) is 7.09. The van der Waals surface area contributed by atoms with E-state index in [9.17, 15) is 9.59 Å². The van der Waals surface area contributed by atoms with Crippen molar-refractivity contribution in [3.8, 4) is 0 Å². The Bertz CT molecular complexity index is 726. The summed E-state index contributed by atoms with van der Waals surface area (Å²) in [4.78, 5) is 24.7. The molecule has 2 aliphatic heterocycles. The third-order valence-electron chi connectivity index (χ3n) is 4.45. The molecule has 2 aliphatic rings. The number of carbonyl (C=O) groups is 2. The minimum atomic E-state index is -0.462. The molecular formula is C18H19Cl2NO4. The van der Waals surface area contributed by atoms with E-state index in [1.165, 1.54) is 0 Å². The molecule has 25 heavy (non-hydrogen) atoms. The summed E-state index contributed by atoms with van der Waals surface area (Å²) < 4.78 is 10.9. The SMILES string of the molecule is CC1=C(C(=O)OC[C@H]2CCCO2)[C@@H](c2ccc(Cl)cc2Cl)CC(=O)N1. The van der Waals surface area contributed by atoms with Gasteiger partial charge >= 0.3 is 5.97 Å². The van der Waals surface area contributed by atoms with Gasteiger partial charge in [-0.3, -0.25) is 4.79 Å². The lowest BCUT2D eigenvalue weighted by Gasteiger charge is -2.27. The lowest BCUT2D eigenvalue weighted by molar-refractivity contribution is -0.142. The zero-order chi connectivity index (χ0) is 18.0. The van der Waals surface area contributed by atoms with Gasteiger partial charge in [0.2, 0.25) is 5.91 Å². The average Bonchev–Trinajstić information content (AvgIpc) is 3.05. The predicted molar refractivity (Wildman–Crippen MR) is 94.6 cm³/mol. The molecule has 0 unspecified atom stereocenters. The summed E-state index contributed by atoms with van der Waals surface area (Å²) in [6, 6.07) is 5.05. The number of ether oxygens (including phenoxy) is 2. The monoisotopic (exact) mass is 383 g/mol. The highest BCUT2D eigenvalue weighted by Crippen LogP contribution is 2.38. The zero-order valence-corrected chi connectivity index (χ0v) is 15.3. The van der Waals surface area contributed by atoms with Gasteiger partial charge in [0.15, 0.2) is 0 Å². The highest BCUT2D eigenvalue weighted by Gasteiger charge is 2.34. The number of amides is 1. The molecule has 0 spiro atoms. The molecule has 3 rings (SSSR count). The second-order valence-electron chi connectivity index (χ2n) is 6.24. The summed E-state index contributed by atoms with van der Waals surface area (Å²) in [5.41, 5.74) is 1.59. The first-order valence-corrected chi connectivity index (χ1v) is 8.95. The fourth-order valence-electron chi connectivity index (χ4n) is 3.24. The number of esters is 1. The van der Waals surface area contributed by atoms with Crippen LogP contribution in [0.2, 0.25) is 10.0 Å². The van der Waals surface area contributed by atoms with E-state index in [-0.39, 0.29) is 25.0 Å². The van der Waals surface area contributed by atoms with Gasteiger partial charge in [-0.1, -0.05) is 29.3 Å². The van der Waals surface area contributed by atoms with Gasteiger partial charge in [0.1, 0.15) is 6.61 Å². The first-order chi connectivity index (χ1) is 12.0. The van der Waals surface area contributed by atoms with E-state index in [4.69, 9.17) is 32.7 Å². The van der Waals surface area contributed by atoms with Crippen LogP contribution in [0.15, 0.2) is 29.5 Å². The van der Waals surface area contributed by atoms with Crippen LogP contribution < -0.4 is 5.32 Å². The van der Waals surface area contributed by atoms with E-state index >= 15 is 0 Å². The number of hydrogen-bond acceptors (Lipinski definition) is 4. The normalized spacial score (nSPS) is 23.6. The molecule has 134 valence electrons. The lowest BCUT2D eigenvalue weighted by atomic mass is 9.84. The van der Waals surface area contributed by atoms with Crippen molar-refractivity contribution in [2.24, 2.45) is 0 Å². The molecule has 1 amide bonds. The molecule has 1 aromatic rings. The van der Waals surface area contributed by atoms with Gasteiger partial charge in [0.25, 0.3) is 0 Å². The molecule has 1 N–H and O–H groups in total. The van der Waals surface area contributed by atoms with Crippen LogP contribution in [0.1, 0.15) is 37.7 Å². The Labute approximate surface area is 156 Å². The van der Waals surface area contributed by atoms with Crippen molar-refractivity contribution < 1.29 is 19.1 Å². The summed E-state index contributed by atoms with van der Waals surface area (Å²) >= 11 is 12.3. The fourth-order valence-corrected chi connectivity index (χ4v) is 3.78. The number of hydrogen-bond donors (Lipinski definition) is 1. The Morgan fingerprint density at radius 2 is 2.20 bits per heavy atom. The maximum atomic E-state index is 12.7. The van der Waals surface area contributed by atoms with Crippen LogP contribution >= 0.6 is 23.2 Å². The fraction of sp³-hybridized carbons (Fsp3) is 0.444. The molecule has 0 bridgehead atoms. The summed E-state index contributed by atoms with van der Waals surface area (Å²) in [6.07, 6.45) is 1.93. The van der Waals surface area contributed by atoms with Crippen LogP contribution in [0.3, 0.4) is 0 Å². The molecule has 2 heterocycles. The number of allylic oxidation sites excluding steroid dienone is 1. The molecule has 7 heteroatoms. The largest absolute Gasteiger partial charge is 0.460 e. The Morgan fingerprint density at radius 1 is 1.40 bits per heavy atom. The second kappa shape index (κ2) is 7.77. The quantitative estimate of drug-likeness (QED) is 0.806. The minimum Gasteiger partial charge on any atom is -0.460 e. The molecule has 0 aromatic heterocycles. The number of benzene rings is 1. The molecule has 5 nitrogen and oxygen atoms in total. The van der Waals surface area contributed by atoms with Crippen molar-refractivity contribution in [1.29, 1.82) is 0 Å². The van der Waals surface area contributed by atoms with Gasteiger partial charge in [0, 0.05) is 34.7 Å². The lowest BCUT2D eigenvalue weighted by Crippen LogP contribution is -2.34. The molecule has 0 saturated carbocycles. The Balaban J connectivity index is 1.85. The van der Waals surface area contributed by atoms with Gasteiger partial charge < -0.3 is 14.8 Å². The number of rotatable bonds is 4. The van der Waals surface area contributed by atoms with Crippen LogP contribution in [0.25, 0.3) is 0 Å². The van der Waals surface area contributed by atoms with Crippen molar-refractivity contribution in [2.75, 3.05) is 13.2 Å². The van der Waals surface area contributed by atoms with Gasteiger partial charge in [-0.25, -0.2) is 4.79 Å². The van der Waals surface area contributed by atoms with E-state index in [1.54, 1.807) is 25.1 Å². The summed E-state index contributed by atoms with van der Waals surface area (Å²) in [6.45, 7) is 2.60. The standard InChI is InChI=1S/C18H19Cl2NO4/c1-10-17(18(23)25-9-12-3-2-6-24-12)14(8-16(22)21-10)13-5-4-11(19)7-15(13)20/h4-5,7,12,14H,2-3,6,8-9H2,1H3,(H,21,22)/t12-,14-/m1/s1. The Kier molecular flexibility index (Phi) is 5.67. The van der Waals surface area contributed by atoms with E-state index < -0.39 is 11.9 Å². The maximum Gasteiger partial charge on any atom is 0.336 e. The summed E-state index contributed by atoms with van der Waals surface area (Å²) in [5, 5.41) is 3.63. The smallest absolute Gasteiger partial charge is 0.336 e. The van der Waals surface area contributed by atoms with Gasteiger partial charge in [-0.05, 0) is 37.5 Å². The maximum absolute atomic E-state index is 12.7. The molecule has 2 atom stereocenters. The third-order valence-corrected chi connectivity index (χ3v) is 5.01. The number of halogens is 2. The highest BCUT2D eigenvalue weighted by molar-refractivity contribution is 6.35. The average molecular weight is 384 g/mol. The van der Waals surface area contributed by atoms with Gasteiger partial charge in [-0.2, -0.15) is 0 Å². The summed E-state index contributed by atoms with van der Waals surface area (Å²) in [7, 11) is 0. The summed E-state index contributed by atoms with van der Waals surface area (Å²) in [5.74, 6) is -1.08. The van der Waals surface area contributed by atoms with E-state index in [0.29, 0.717) is 33.5 Å². The number of nitrogens with one attached hydrogen (secondary N) is 1. The van der Waals surface area contributed by atoms with E-state index in [2.05, 4.69) is 5.32 Å². The highest BCUT2D eigenvalue weighted by atomic mass is 35.5. The third kappa shape index (κ3) is 4.17. The molecule has 1 fully saturated rings.